The highest BCUT2D eigenvalue weighted by Gasteiger charge is 2.20. The highest BCUT2D eigenvalue weighted by atomic mass is 35.5. The molecular formula is C19H19ClN4O2. The Balaban J connectivity index is 1.78. The monoisotopic (exact) mass is 370 g/mol. The summed E-state index contributed by atoms with van der Waals surface area (Å²) in [4.78, 5) is 15.5. The standard InChI is InChI=1S/C19H19ClN4O2/c1-24(2)17-4-3-12(9-14(17)20)15-10-16-18(22-7-6-21-16)19(23-15)26-13-5-8-25-11-13/h3-4,6-7,9-10,13H,5,8,11H2,1-2H3/t13-/m1/s1. The van der Waals surface area contributed by atoms with Crippen LogP contribution in [0.5, 0.6) is 5.88 Å². The average Bonchev–Trinajstić information content (AvgIpc) is 3.14. The maximum Gasteiger partial charge on any atom is 0.243 e. The summed E-state index contributed by atoms with van der Waals surface area (Å²) in [7, 11) is 3.92. The van der Waals surface area contributed by atoms with E-state index in [1.165, 1.54) is 0 Å². The van der Waals surface area contributed by atoms with Gasteiger partial charge < -0.3 is 14.4 Å². The second-order valence-electron chi connectivity index (χ2n) is 6.40. The van der Waals surface area contributed by atoms with Gasteiger partial charge in [0, 0.05) is 38.5 Å². The predicted molar refractivity (Wildman–Crippen MR) is 102 cm³/mol. The third-order valence-corrected chi connectivity index (χ3v) is 4.62. The molecular weight excluding hydrogens is 352 g/mol. The largest absolute Gasteiger partial charge is 0.470 e. The smallest absolute Gasteiger partial charge is 0.243 e. The van der Waals surface area contributed by atoms with Gasteiger partial charge in [-0.25, -0.2) is 9.97 Å². The van der Waals surface area contributed by atoms with E-state index in [1.54, 1.807) is 12.4 Å². The molecule has 1 atom stereocenters. The summed E-state index contributed by atoms with van der Waals surface area (Å²) in [5.74, 6) is 0.480. The molecule has 1 saturated heterocycles. The maximum atomic E-state index is 6.42. The molecule has 0 N–H and O–H groups in total. The van der Waals surface area contributed by atoms with E-state index < -0.39 is 0 Å². The molecule has 134 valence electrons. The van der Waals surface area contributed by atoms with Crippen LogP contribution in [0.15, 0.2) is 36.7 Å². The summed E-state index contributed by atoms with van der Waals surface area (Å²) in [6, 6.07) is 7.78. The number of halogens is 1. The van der Waals surface area contributed by atoms with Crippen molar-refractivity contribution >= 4 is 28.3 Å². The molecule has 3 aromatic rings. The Morgan fingerprint density at radius 1 is 1.19 bits per heavy atom. The van der Waals surface area contributed by atoms with E-state index in [4.69, 9.17) is 26.1 Å². The molecule has 0 saturated carbocycles. The molecule has 1 aliphatic heterocycles. The van der Waals surface area contributed by atoms with E-state index in [0.717, 1.165) is 28.9 Å². The van der Waals surface area contributed by atoms with Crippen LogP contribution in [0.3, 0.4) is 0 Å². The first kappa shape index (κ1) is 17.0. The van der Waals surface area contributed by atoms with Crippen molar-refractivity contribution in [3.05, 3.63) is 41.7 Å². The number of ether oxygens (including phenoxy) is 2. The lowest BCUT2D eigenvalue weighted by Crippen LogP contribution is -2.17. The first-order chi connectivity index (χ1) is 12.6. The fraction of sp³-hybridized carbons (Fsp3) is 0.316. The summed E-state index contributed by atoms with van der Waals surface area (Å²) in [6.45, 7) is 1.27. The third-order valence-electron chi connectivity index (χ3n) is 4.32. The van der Waals surface area contributed by atoms with Crippen LogP contribution in [0.2, 0.25) is 5.02 Å². The van der Waals surface area contributed by atoms with Gasteiger partial charge in [-0.1, -0.05) is 17.7 Å². The van der Waals surface area contributed by atoms with Gasteiger partial charge in [0.15, 0.2) is 5.52 Å². The Kier molecular flexibility index (Phi) is 4.61. The van der Waals surface area contributed by atoms with Crippen molar-refractivity contribution in [3.8, 4) is 17.1 Å². The summed E-state index contributed by atoms with van der Waals surface area (Å²) in [5.41, 5.74) is 3.99. The van der Waals surface area contributed by atoms with E-state index >= 15 is 0 Å². The van der Waals surface area contributed by atoms with Gasteiger partial charge in [0.1, 0.15) is 6.10 Å². The minimum Gasteiger partial charge on any atom is -0.470 e. The number of nitrogens with zero attached hydrogens (tertiary/aromatic N) is 4. The van der Waals surface area contributed by atoms with Crippen LogP contribution in [0.25, 0.3) is 22.3 Å². The van der Waals surface area contributed by atoms with Crippen molar-refractivity contribution in [3.63, 3.8) is 0 Å². The topological polar surface area (TPSA) is 60.4 Å². The van der Waals surface area contributed by atoms with Crippen LogP contribution in [-0.4, -0.2) is 48.4 Å². The van der Waals surface area contributed by atoms with Gasteiger partial charge in [0.25, 0.3) is 0 Å². The van der Waals surface area contributed by atoms with E-state index in [0.29, 0.717) is 29.6 Å². The van der Waals surface area contributed by atoms with Crippen molar-refractivity contribution in [2.75, 3.05) is 32.2 Å². The lowest BCUT2D eigenvalue weighted by molar-refractivity contribution is 0.139. The minimum absolute atomic E-state index is 0.0114. The molecule has 0 amide bonds. The quantitative estimate of drug-likeness (QED) is 0.699. The van der Waals surface area contributed by atoms with Crippen LogP contribution in [-0.2, 0) is 4.74 Å². The molecule has 7 heteroatoms. The summed E-state index contributed by atoms with van der Waals surface area (Å²) >= 11 is 6.42. The predicted octanol–water partition coefficient (Wildman–Crippen LogP) is 3.58. The molecule has 1 aromatic carbocycles. The molecule has 26 heavy (non-hydrogen) atoms. The Morgan fingerprint density at radius 3 is 2.77 bits per heavy atom. The Hall–Kier alpha value is -2.44. The number of rotatable bonds is 4. The molecule has 0 bridgehead atoms. The first-order valence-corrected chi connectivity index (χ1v) is 8.83. The number of pyridine rings is 1. The number of fused-ring (bicyclic) bond motifs is 1. The highest BCUT2D eigenvalue weighted by Crippen LogP contribution is 2.32. The van der Waals surface area contributed by atoms with Gasteiger partial charge in [-0.2, -0.15) is 0 Å². The van der Waals surface area contributed by atoms with Crippen LogP contribution < -0.4 is 9.64 Å². The molecule has 0 unspecified atom stereocenters. The second-order valence-corrected chi connectivity index (χ2v) is 6.81. The normalized spacial score (nSPS) is 16.8. The lowest BCUT2D eigenvalue weighted by Gasteiger charge is -2.16. The molecule has 0 radical (unpaired) electrons. The van der Waals surface area contributed by atoms with E-state index in [1.807, 2.05) is 43.3 Å². The number of anilines is 1. The maximum absolute atomic E-state index is 6.42. The minimum atomic E-state index is -0.0114. The molecule has 3 heterocycles. The van der Waals surface area contributed by atoms with Crippen molar-refractivity contribution in [1.82, 2.24) is 15.0 Å². The fourth-order valence-electron chi connectivity index (χ4n) is 2.97. The SMILES string of the molecule is CN(C)c1ccc(-c2cc3nccnc3c(O[C@@H]3CCOC3)n2)cc1Cl. The Labute approximate surface area is 156 Å². The van der Waals surface area contributed by atoms with Crippen molar-refractivity contribution < 1.29 is 9.47 Å². The van der Waals surface area contributed by atoms with Gasteiger partial charge >= 0.3 is 0 Å². The van der Waals surface area contributed by atoms with Gasteiger partial charge in [-0.15, -0.1) is 0 Å². The molecule has 6 nitrogen and oxygen atoms in total. The molecule has 4 rings (SSSR count). The lowest BCUT2D eigenvalue weighted by atomic mass is 10.1. The molecule has 0 spiro atoms. The molecule has 1 aliphatic rings. The Bertz CT molecular complexity index is 942. The highest BCUT2D eigenvalue weighted by molar-refractivity contribution is 6.33. The van der Waals surface area contributed by atoms with E-state index in [-0.39, 0.29) is 6.10 Å². The second kappa shape index (κ2) is 7.05. The van der Waals surface area contributed by atoms with E-state index in [2.05, 4.69) is 9.97 Å². The van der Waals surface area contributed by atoms with Crippen molar-refractivity contribution in [1.29, 1.82) is 0 Å². The summed E-state index contributed by atoms with van der Waals surface area (Å²) in [6.07, 6.45) is 4.14. The van der Waals surface area contributed by atoms with Gasteiger partial charge in [0.05, 0.1) is 35.1 Å². The van der Waals surface area contributed by atoms with Crippen LogP contribution in [0.4, 0.5) is 5.69 Å². The molecule has 0 aliphatic carbocycles. The van der Waals surface area contributed by atoms with Crippen LogP contribution >= 0.6 is 11.6 Å². The zero-order chi connectivity index (χ0) is 18.1. The first-order valence-electron chi connectivity index (χ1n) is 8.45. The van der Waals surface area contributed by atoms with Crippen LogP contribution in [0.1, 0.15) is 6.42 Å². The number of hydrogen-bond donors (Lipinski definition) is 0. The van der Waals surface area contributed by atoms with Gasteiger partial charge in [-0.05, 0) is 18.2 Å². The van der Waals surface area contributed by atoms with Gasteiger partial charge in [-0.3, -0.25) is 4.98 Å². The van der Waals surface area contributed by atoms with Crippen molar-refractivity contribution in [2.45, 2.75) is 12.5 Å². The van der Waals surface area contributed by atoms with Gasteiger partial charge in [0.2, 0.25) is 5.88 Å². The molecule has 2 aromatic heterocycles. The fourth-order valence-corrected chi connectivity index (χ4v) is 3.32. The summed E-state index contributed by atoms with van der Waals surface area (Å²) < 4.78 is 11.5. The average molecular weight is 371 g/mol. The number of hydrogen-bond acceptors (Lipinski definition) is 6. The zero-order valence-electron chi connectivity index (χ0n) is 14.6. The zero-order valence-corrected chi connectivity index (χ0v) is 15.4. The van der Waals surface area contributed by atoms with Crippen LogP contribution in [0, 0.1) is 0 Å². The third kappa shape index (κ3) is 3.30. The Morgan fingerprint density at radius 2 is 2.04 bits per heavy atom. The molecule has 1 fully saturated rings. The summed E-state index contributed by atoms with van der Waals surface area (Å²) in [5, 5.41) is 0.667. The van der Waals surface area contributed by atoms with Crippen molar-refractivity contribution in [2.24, 2.45) is 0 Å². The van der Waals surface area contributed by atoms with E-state index in [9.17, 15) is 0 Å². The number of benzene rings is 1. The number of aromatic nitrogens is 3.